The summed E-state index contributed by atoms with van der Waals surface area (Å²) in [6.45, 7) is 6.22. The number of nitrogens with one attached hydrogen (secondary N) is 2. The molecule has 0 amide bonds. The van der Waals surface area contributed by atoms with E-state index in [1.54, 1.807) is 7.11 Å². The fourth-order valence-electron chi connectivity index (χ4n) is 2.33. The molecule has 1 aliphatic heterocycles. The lowest BCUT2D eigenvalue weighted by molar-refractivity contribution is -0.140. The molecule has 5 nitrogen and oxygen atoms in total. The van der Waals surface area contributed by atoms with Crippen LogP contribution in [-0.2, 0) is 9.53 Å². The summed E-state index contributed by atoms with van der Waals surface area (Å²) in [5, 5.41) is 6.62. The van der Waals surface area contributed by atoms with Gasteiger partial charge >= 0.3 is 5.97 Å². The predicted molar refractivity (Wildman–Crippen MR) is 93.1 cm³/mol. The number of ether oxygens (including phenoxy) is 2. The number of benzene rings is 1. The van der Waals surface area contributed by atoms with E-state index in [-0.39, 0.29) is 17.9 Å². The van der Waals surface area contributed by atoms with Gasteiger partial charge < -0.3 is 20.1 Å². The van der Waals surface area contributed by atoms with E-state index in [0.29, 0.717) is 23.0 Å². The van der Waals surface area contributed by atoms with Crippen molar-refractivity contribution < 1.29 is 14.3 Å². The number of esters is 1. The first-order valence-electron chi connectivity index (χ1n) is 7.51. The van der Waals surface area contributed by atoms with Crippen molar-refractivity contribution in [3.05, 3.63) is 41.1 Å². The maximum absolute atomic E-state index is 12.5. The van der Waals surface area contributed by atoms with Crippen molar-refractivity contribution in [3.63, 3.8) is 0 Å². The number of hydrogen-bond donors (Lipinski definition) is 2. The van der Waals surface area contributed by atoms with Crippen LogP contribution in [0.25, 0.3) is 0 Å². The van der Waals surface area contributed by atoms with E-state index < -0.39 is 0 Å². The van der Waals surface area contributed by atoms with E-state index in [9.17, 15) is 4.79 Å². The van der Waals surface area contributed by atoms with E-state index in [1.807, 2.05) is 45.0 Å². The molecule has 1 atom stereocenters. The highest BCUT2D eigenvalue weighted by atomic mass is 32.1. The molecule has 23 heavy (non-hydrogen) atoms. The second-order valence-corrected chi connectivity index (χ2v) is 6.24. The van der Waals surface area contributed by atoms with Crippen molar-refractivity contribution in [3.8, 4) is 5.75 Å². The van der Waals surface area contributed by atoms with Gasteiger partial charge in [-0.2, -0.15) is 0 Å². The van der Waals surface area contributed by atoms with Crippen molar-refractivity contribution in [2.24, 2.45) is 5.92 Å². The number of rotatable bonds is 5. The van der Waals surface area contributed by atoms with Gasteiger partial charge in [-0.15, -0.1) is 0 Å². The Labute approximate surface area is 142 Å². The van der Waals surface area contributed by atoms with Gasteiger partial charge in [0.05, 0.1) is 25.3 Å². The van der Waals surface area contributed by atoms with E-state index in [1.165, 1.54) is 0 Å². The molecule has 0 fully saturated rings. The Morgan fingerprint density at radius 2 is 1.96 bits per heavy atom. The molecule has 1 aromatic rings. The van der Waals surface area contributed by atoms with Crippen LogP contribution in [0.1, 0.15) is 32.4 Å². The van der Waals surface area contributed by atoms with Crippen molar-refractivity contribution >= 4 is 23.3 Å². The quantitative estimate of drug-likeness (QED) is 0.638. The minimum atomic E-state index is -0.339. The molecule has 0 bridgehead atoms. The summed E-state index contributed by atoms with van der Waals surface area (Å²) in [5.41, 5.74) is 2.18. The van der Waals surface area contributed by atoms with Crippen LogP contribution in [0.4, 0.5) is 0 Å². The summed E-state index contributed by atoms with van der Waals surface area (Å²) in [6, 6.07) is 7.19. The number of hydrogen-bond acceptors (Lipinski definition) is 4. The first kappa shape index (κ1) is 17.3. The Hall–Kier alpha value is -2.08. The second kappa shape index (κ2) is 7.46. The monoisotopic (exact) mass is 334 g/mol. The standard InChI is InChI=1S/C17H22N2O3S/c1-10(2)9-22-16(20)14-11(3)18-17(23)19-15(14)12-5-7-13(21-4)8-6-12/h5-8,10,15H,9H2,1-4H3,(H2,18,19,23). The molecule has 0 saturated heterocycles. The van der Waals surface area contributed by atoms with Crippen LogP contribution in [0.15, 0.2) is 35.5 Å². The molecular weight excluding hydrogens is 312 g/mol. The zero-order valence-corrected chi connectivity index (χ0v) is 14.6. The van der Waals surface area contributed by atoms with E-state index in [0.717, 1.165) is 11.3 Å². The highest BCUT2D eigenvalue weighted by molar-refractivity contribution is 7.80. The highest BCUT2D eigenvalue weighted by Crippen LogP contribution is 2.28. The van der Waals surface area contributed by atoms with Gasteiger partial charge in [-0.1, -0.05) is 26.0 Å². The fourth-order valence-corrected chi connectivity index (χ4v) is 2.60. The van der Waals surface area contributed by atoms with Crippen molar-refractivity contribution in [1.82, 2.24) is 10.6 Å². The van der Waals surface area contributed by atoms with Crippen molar-refractivity contribution in [1.29, 1.82) is 0 Å². The predicted octanol–water partition coefficient (Wildman–Crippen LogP) is 2.69. The zero-order chi connectivity index (χ0) is 17.0. The van der Waals surface area contributed by atoms with Crippen LogP contribution in [-0.4, -0.2) is 24.8 Å². The lowest BCUT2D eigenvalue weighted by atomic mass is 9.95. The number of thiocarbonyl (C=S) groups is 1. The summed E-state index contributed by atoms with van der Waals surface area (Å²) >= 11 is 5.22. The maximum atomic E-state index is 12.5. The third-order valence-electron chi connectivity index (χ3n) is 3.49. The molecule has 1 aliphatic rings. The number of methoxy groups -OCH3 is 1. The normalized spacial score (nSPS) is 17.6. The second-order valence-electron chi connectivity index (χ2n) is 5.84. The molecule has 2 rings (SSSR count). The number of carbonyl (C=O) groups is 1. The summed E-state index contributed by atoms with van der Waals surface area (Å²) in [6.07, 6.45) is 0. The average Bonchev–Trinajstić information content (AvgIpc) is 2.52. The first-order chi connectivity index (χ1) is 10.9. The smallest absolute Gasteiger partial charge is 0.338 e. The van der Waals surface area contributed by atoms with Crippen LogP contribution in [0.3, 0.4) is 0 Å². The van der Waals surface area contributed by atoms with Gasteiger partial charge in [-0.05, 0) is 42.8 Å². The maximum Gasteiger partial charge on any atom is 0.338 e. The van der Waals surface area contributed by atoms with E-state index in [2.05, 4.69) is 10.6 Å². The molecule has 0 saturated carbocycles. The molecular formula is C17H22N2O3S. The number of allylic oxidation sites excluding steroid dienone is 1. The van der Waals surface area contributed by atoms with Crippen LogP contribution in [0.5, 0.6) is 5.75 Å². The molecule has 2 N–H and O–H groups in total. The average molecular weight is 334 g/mol. The van der Waals surface area contributed by atoms with Crippen LogP contribution >= 0.6 is 12.2 Å². The van der Waals surface area contributed by atoms with Gasteiger partial charge in [0.1, 0.15) is 5.75 Å². The SMILES string of the molecule is COc1ccc(C2NC(=S)NC(C)=C2C(=O)OCC(C)C)cc1. The van der Waals surface area contributed by atoms with Gasteiger partial charge in [-0.3, -0.25) is 0 Å². The van der Waals surface area contributed by atoms with Gasteiger partial charge in [0.25, 0.3) is 0 Å². The van der Waals surface area contributed by atoms with Gasteiger partial charge in [0.15, 0.2) is 5.11 Å². The van der Waals surface area contributed by atoms with Crippen LogP contribution < -0.4 is 15.4 Å². The Morgan fingerprint density at radius 1 is 1.30 bits per heavy atom. The lowest BCUT2D eigenvalue weighted by Gasteiger charge is -2.30. The molecule has 1 aromatic carbocycles. The summed E-state index contributed by atoms with van der Waals surface area (Å²) in [5.74, 6) is 0.708. The zero-order valence-electron chi connectivity index (χ0n) is 13.8. The minimum Gasteiger partial charge on any atom is -0.497 e. The first-order valence-corrected chi connectivity index (χ1v) is 7.92. The molecule has 0 spiro atoms. The molecule has 1 unspecified atom stereocenters. The lowest BCUT2D eigenvalue weighted by Crippen LogP contribution is -2.45. The van der Waals surface area contributed by atoms with E-state index >= 15 is 0 Å². The third-order valence-corrected chi connectivity index (χ3v) is 3.71. The number of carbonyl (C=O) groups excluding carboxylic acids is 1. The molecule has 0 aromatic heterocycles. The van der Waals surface area contributed by atoms with Crippen molar-refractivity contribution in [2.75, 3.05) is 13.7 Å². The molecule has 6 heteroatoms. The van der Waals surface area contributed by atoms with Gasteiger partial charge in [0.2, 0.25) is 0 Å². The summed E-state index contributed by atoms with van der Waals surface area (Å²) in [4.78, 5) is 12.5. The molecule has 1 heterocycles. The van der Waals surface area contributed by atoms with Gasteiger partial charge in [0, 0.05) is 5.70 Å². The minimum absolute atomic E-state index is 0.282. The highest BCUT2D eigenvalue weighted by Gasteiger charge is 2.31. The molecule has 0 radical (unpaired) electrons. The third kappa shape index (κ3) is 4.22. The summed E-state index contributed by atoms with van der Waals surface area (Å²) in [7, 11) is 1.62. The Balaban J connectivity index is 2.31. The van der Waals surface area contributed by atoms with Crippen LogP contribution in [0, 0.1) is 5.92 Å². The summed E-state index contributed by atoms with van der Waals surface area (Å²) < 4.78 is 10.6. The van der Waals surface area contributed by atoms with Gasteiger partial charge in [-0.25, -0.2) is 4.79 Å². The van der Waals surface area contributed by atoms with Crippen LogP contribution in [0.2, 0.25) is 0 Å². The Kier molecular flexibility index (Phi) is 5.60. The fraction of sp³-hybridized carbons (Fsp3) is 0.412. The van der Waals surface area contributed by atoms with Crippen molar-refractivity contribution in [2.45, 2.75) is 26.8 Å². The topological polar surface area (TPSA) is 59.6 Å². The largest absolute Gasteiger partial charge is 0.497 e. The Bertz CT molecular complexity index is 623. The molecule has 124 valence electrons. The Morgan fingerprint density at radius 3 is 2.52 bits per heavy atom. The molecule has 0 aliphatic carbocycles. The van der Waals surface area contributed by atoms with E-state index in [4.69, 9.17) is 21.7 Å².